The first-order valence-corrected chi connectivity index (χ1v) is 12.3. The van der Waals surface area contributed by atoms with E-state index in [9.17, 15) is 9.59 Å². The van der Waals surface area contributed by atoms with Gasteiger partial charge < -0.3 is 19.7 Å². The molecule has 0 saturated carbocycles. The normalized spacial score (nSPS) is 11.5. The van der Waals surface area contributed by atoms with Crippen LogP contribution in [-0.4, -0.2) is 43.5 Å². The fourth-order valence-corrected chi connectivity index (χ4v) is 4.01. The Morgan fingerprint density at radius 1 is 0.833 bits per heavy atom. The third-order valence-electron chi connectivity index (χ3n) is 5.86. The zero-order valence-corrected chi connectivity index (χ0v) is 22.1. The molecule has 6 nitrogen and oxygen atoms in total. The van der Waals surface area contributed by atoms with E-state index in [4.69, 9.17) is 32.7 Å². The minimum absolute atomic E-state index is 0.158. The second kappa shape index (κ2) is 13.2. The topological polar surface area (TPSA) is 67.9 Å². The van der Waals surface area contributed by atoms with E-state index in [1.807, 2.05) is 42.5 Å². The van der Waals surface area contributed by atoms with Gasteiger partial charge in [-0.05, 0) is 66.4 Å². The van der Waals surface area contributed by atoms with Crippen molar-refractivity contribution in [2.45, 2.75) is 32.4 Å². The van der Waals surface area contributed by atoms with E-state index >= 15 is 0 Å². The molecule has 0 spiro atoms. The van der Waals surface area contributed by atoms with Crippen molar-refractivity contribution < 1.29 is 19.1 Å². The standard InChI is InChI=1S/C28H30Cl2N2O4/c1-19(28(34)31-15-14-21-8-13-25(35-2)26(16-21)36-3)32(18-22-6-11-24(30)12-7-22)27(33)17-20-4-9-23(29)10-5-20/h4-13,16,19H,14-15,17-18H2,1-3H3,(H,31,34). The number of rotatable bonds is 11. The SMILES string of the molecule is COc1ccc(CCNC(=O)C(C)N(Cc2ccc(Cl)cc2)C(=O)Cc2ccc(Cl)cc2)cc1OC. The summed E-state index contributed by atoms with van der Waals surface area (Å²) in [5.41, 5.74) is 2.71. The van der Waals surface area contributed by atoms with Gasteiger partial charge in [0.15, 0.2) is 11.5 Å². The molecule has 8 heteroatoms. The van der Waals surface area contributed by atoms with Crippen molar-refractivity contribution >= 4 is 35.0 Å². The third kappa shape index (κ3) is 7.64. The molecule has 3 aromatic carbocycles. The smallest absolute Gasteiger partial charge is 0.242 e. The Bertz CT molecular complexity index is 1170. The van der Waals surface area contributed by atoms with Gasteiger partial charge in [0.1, 0.15) is 6.04 Å². The predicted molar refractivity (Wildman–Crippen MR) is 143 cm³/mol. The summed E-state index contributed by atoms with van der Waals surface area (Å²) in [4.78, 5) is 27.9. The van der Waals surface area contributed by atoms with Gasteiger partial charge in [-0.3, -0.25) is 9.59 Å². The van der Waals surface area contributed by atoms with Gasteiger partial charge in [-0.25, -0.2) is 0 Å². The Hall–Kier alpha value is -3.22. The maximum absolute atomic E-state index is 13.3. The quantitative estimate of drug-likeness (QED) is 0.365. The predicted octanol–water partition coefficient (Wildman–Crippen LogP) is 5.33. The number of benzene rings is 3. The van der Waals surface area contributed by atoms with Crippen LogP contribution >= 0.6 is 23.2 Å². The van der Waals surface area contributed by atoms with Crippen molar-refractivity contribution in [3.05, 3.63) is 93.5 Å². The van der Waals surface area contributed by atoms with Crippen LogP contribution in [-0.2, 0) is 29.0 Å². The number of methoxy groups -OCH3 is 2. The molecule has 1 atom stereocenters. The second-order valence-electron chi connectivity index (χ2n) is 8.36. The maximum atomic E-state index is 13.3. The lowest BCUT2D eigenvalue weighted by atomic mass is 10.1. The molecule has 0 aliphatic heterocycles. The van der Waals surface area contributed by atoms with E-state index in [0.29, 0.717) is 34.5 Å². The van der Waals surface area contributed by atoms with E-state index < -0.39 is 6.04 Å². The Balaban J connectivity index is 1.68. The zero-order valence-electron chi connectivity index (χ0n) is 20.6. The maximum Gasteiger partial charge on any atom is 0.242 e. The van der Waals surface area contributed by atoms with Gasteiger partial charge in [-0.2, -0.15) is 0 Å². The lowest BCUT2D eigenvalue weighted by Crippen LogP contribution is -2.48. The molecule has 0 aromatic heterocycles. The number of amides is 2. The number of carbonyl (C=O) groups is 2. The lowest BCUT2D eigenvalue weighted by molar-refractivity contribution is -0.140. The van der Waals surface area contributed by atoms with Gasteiger partial charge in [0.2, 0.25) is 11.8 Å². The average molecular weight is 529 g/mol. The first-order valence-electron chi connectivity index (χ1n) is 11.6. The van der Waals surface area contributed by atoms with Gasteiger partial charge >= 0.3 is 0 Å². The van der Waals surface area contributed by atoms with Gasteiger partial charge in [0.25, 0.3) is 0 Å². The fraction of sp³-hybridized carbons (Fsp3) is 0.286. The second-order valence-corrected chi connectivity index (χ2v) is 9.23. The van der Waals surface area contributed by atoms with Crippen LogP contribution in [0.5, 0.6) is 11.5 Å². The van der Waals surface area contributed by atoms with Gasteiger partial charge in [0, 0.05) is 23.1 Å². The highest BCUT2D eigenvalue weighted by molar-refractivity contribution is 6.30. The molecule has 1 unspecified atom stereocenters. The van der Waals surface area contributed by atoms with E-state index in [0.717, 1.165) is 16.7 Å². The van der Waals surface area contributed by atoms with E-state index in [1.165, 1.54) is 0 Å². The number of nitrogens with one attached hydrogen (secondary N) is 1. The van der Waals surface area contributed by atoms with Crippen LogP contribution in [0.25, 0.3) is 0 Å². The largest absolute Gasteiger partial charge is 0.493 e. The molecule has 0 aliphatic rings. The summed E-state index contributed by atoms with van der Waals surface area (Å²) in [6, 6.07) is 19.3. The van der Waals surface area contributed by atoms with E-state index in [1.54, 1.807) is 50.3 Å². The molecule has 0 radical (unpaired) electrons. The molecular weight excluding hydrogens is 499 g/mol. The summed E-state index contributed by atoms with van der Waals surface area (Å²) in [6.07, 6.45) is 0.767. The van der Waals surface area contributed by atoms with Crippen LogP contribution in [0, 0.1) is 0 Å². The Morgan fingerprint density at radius 2 is 1.39 bits per heavy atom. The summed E-state index contributed by atoms with van der Waals surface area (Å²) in [6.45, 7) is 2.44. The van der Waals surface area contributed by atoms with Crippen LogP contribution in [0.1, 0.15) is 23.6 Å². The first-order chi connectivity index (χ1) is 17.3. The van der Waals surface area contributed by atoms with Gasteiger partial charge in [0.05, 0.1) is 20.6 Å². The Labute approximate surface area is 222 Å². The van der Waals surface area contributed by atoms with E-state index in [-0.39, 0.29) is 24.8 Å². The molecule has 1 N–H and O–H groups in total. The van der Waals surface area contributed by atoms with Crippen molar-refractivity contribution in [1.82, 2.24) is 10.2 Å². The van der Waals surface area contributed by atoms with Crippen LogP contribution in [0.4, 0.5) is 0 Å². The molecule has 3 aromatic rings. The summed E-state index contributed by atoms with van der Waals surface area (Å²) in [5, 5.41) is 4.17. The van der Waals surface area contributed by atoms with Crippen molar-refractivity contribution in [1.29, 1.82) is 0 Å². The minimum Gasteiger partial charge on any atom is -0.493 e. The zero-order chi connectivity index (χ0) is 26.1. The number of ether oxygens (including phenoxy) is 2. The molecule has 0 saturated heterocycles. The molecule has 0 bridgehead atoms. The van der Waals surface area contributed by atoms with Crippen LogP contribution in [0.15, 0.2) is 66.7 Å². The number of halogens is 2. The molecule has 0 heterocycles. The monoisotopic (exact) mass is 528 g/mol. The van der Waals surface area contributed by atoms with Gasteiger partial charge in [-0.1, -0.05) is 53.5 Å². The number of hydrogen-bond donors (Lipinski definition) is 1. The third-order valence-corrected chi connectivity index (χ3v) is 6.37. The summed E-state index contributed by atoms with van der Waals surface area (Å²) < 4.78 is 10.6. The molecule has 0 aliphatic carbocycles. The molecule has 0 fully saturated rings. The first kappa shape index (κ1) is 27.4. The molecule has 36 heavy (non-hydrogen) atoms. The fourth-order valence-electron chi connectivity index (χ4n) is 3.76. The molecule has 190 valence electrons. The highest BCUT2D eigenvalue weighted by Gasteiger charge is 2.26. The van der Waals surface area contributed by atoms with Crippen molar-refractivity contribution in [3.8, 4) is 11.5 Å². The minimum atomic E-state index is -0.675. The molecule has 3 rings (SSSR count). The summed E-state index contributed by atoms with van der Waals surface area (Å²) in [7, 11) is 3.17. The number of carbonyl (C=O) groups excluding carboxylic acids is 2. The Kier molecular flexibility index (Phi) is 10.0. The van der Waals surface area contributed by atoms with Crippen molar-refractivity contribution in [3.63, 3.8) is 0 Å². The molecule has 2 amide bonds. The lowest BCUT2D eigenvalue weighted by Gasteiger charge is -2.29. The van der Waals surface area contributed by atoms with Crippen LogP contribution in [0.3, 0.4) is 0 Å². The highest BCUT2D eigenvalue weighted by atomic mass is 35.5. The number of nitrogens with zero attached hydrogens (tertiary/aromatic N) is 1. The van der Waals surface area contributed by atoms with Crippen LogP contribution in [0.2, 0.25) is 10.0 Å². The summed E-state index contributed by atoms with van der Waals surface area (Å²) >= 11 is 12.0. The van der Waals surface area contributed by atoms with E-state index in [2.05, 4.69) is 5.32 Å². The summed E-state index contributed by atoms with van der Waals surface area (Å²) in [5.74, 6) is 0.899. The Morgan fingerprint density at radius 3 is 1.97 bits per heavy atom. The van der Waals surface area contributed by atoms with Crippen molar-refractivity contribution in [2.24, 2.45) is 0 Å². The van der Waals surface area contributed by atoms with Crippen molar-refractivity contribution in [2.75, 3.05) is 20.8 Å². The number of hydrogen-bond acceptors (Lipinski definition) is 4. The van der Waals surface area contributed by atoms with Gasteiger partial charge in [-0.15, -0.1) is 0 Å². The van der Waals surface area contributed by atoms with Crippen LogP contribution < -0.4 is 14.8 Å². The average Bonchev–Trinajstić information content (AvgIpc) is 2.89. The highest BCUT2D eigenvalue weighted by Crippen LogP contribution is 2.27. The molecular formula is C28H30Cl2N2O4.